The lowest BCUT2D eigenvalue weighted by Crippen LogP contribution is -2.25. The van der Waals surface area contributed by atoms with Crippen LogP contribution in [0.5, 0.6) is 0 Å². The lowest BCUT2D eigenvalue weighted by Gasteiger charge is -2.02. The van der Waals surface area contributed by atoms with Crippen molar-refractivity contribution in [2.75, 3.05) is 0 Å². The second-order valence-corrected chi connectivity index (χ2v) is 6.55. The van der Waals surface area contributed by atoms with Gasteiger partial charge in [-0.25, -0.2) is 9.97 Å². The minimum absolute atomic E-state index is 0.150. The Hall–Kier alpha value is -3.03. The maximum Gasteiger partial charge on any atom is 0.271 e. The maximum atomic E-state index is 12.1. The molecule has 25 heavy (non-hydrogen) atoms. The van der Waals surface area contributed by atoms with Crippen molar-refractivity contribution < 1.29 is 9.32 Å². The Kier molecular flexibility index (Phi) is 3.16. The van der Waals surface area contributed by atoms with E-state index in [-0.39, 0.29) is 5.91 Å². The molecule has 2 saturated carbocycles. The number of amides is 1. The number of aromatic nitrogens is 5. The van der Waals surface area contributed by atoms with E-state index in [9.17, 15) is 4.79 Å². The molecule has 1 N–H and O–H groups in total. The molecule has 8 nitrogen and oxygen atoms in total. The van der Waals surface area contributed by atoms with Crippen LogP contribution >= 0.6 is 0 Å². The van der Waals surface area contributed by atoms with Gasteiger partial charge in [0.2, 0.25) is 0 Å². The van der Waals surface area contributed by atoms with Gasteiger partial charge in [0.05, 0.1) is 0 Å². The standard InChI is InChI=1S/C17H16N6O2/c24-16(20-12-3-4-12)13-8-23(9-19-13)14-7-11(5-6-18-14)17-21-15(22-25-17)10-1-2-10/h5-10,12H,1-4H2,(H,20,24). The van der Waals surface area contributed by atoms with Gasteiger partial charge in [0.25, 0.3) is 11.8 Å². The van der Waals surface area contributed by atoms with E-state index in [4.69, 9.17) is 4.52 Å². The summed E-state index contributed by atoms with van der Waals surface area (Å²) in [6, 6.07) is 3.97. The van der Waals surface area contributed by atoms with Gasteiger partial charge >= 0.3 is 0 Å². The zero-order valence-corrected chi connectivity index (χ0v) is 13.4. The molecule has 3 heterocycles. The fraction of sp³-hybridized carbons (Fsp3) is 0.353. The summed E-state index contributed by atoms with van der Waals surface area (Å²) >= 11 is 0. The highest BCUT2D eigenvalue weighted by atomic mass is 16.5. The smallest absolute Gasteiger partial charge is 0.271 e. The quantitative estimate of drug-likeness (QED) is 0.766. The molecule has 0 atom stereocenters. The average molecular weight is 336 g/mol. The first-order valence-corrected chi connectivity index (χ1v) is 8.41. The van der Waals surface area contributed by atoms with Crippen LogP contribution in [0.2, 0.25) is 0 Å². The van der Waals surface area contributed by atoms with Crippen LogP contribution < -0.4 is 5.32 Å². The number of hydrogen-bond donors (Lipinski definition) is 1. The van der Waals surface area contributed by atoms with Crippen molar-refractivity contribution in [2.24, 2.45) is 0 Å². The van der Waals surface area contributed by atoms with E-state index in [1.807, 2.05) is 12.1 Å². The fourth-order valence-electron chi connectivity index (χ4n) is 2.60. The fourth-order valence-corrected chi connectivity index (χ4v) is 2.60. The van der Waals surface area contributed by atoms with E-state index in [1.54, 1.807) is 23.3 Å². The molecule has 0 bridgehead atoms. The minimum atomic E-state index is -0.150. The molecule has 5 rings (SSSR count). The third kappa shape index (κ3) is 2.90. The van der Waals surface area contributed by atoms with Crippen LogP contribution in [0.25, 0.3) is 17.3 Å². The summed E-state index contributed by atoms with van der Waals surface area (Å²) in [4.78, 5) is 25.0. The van der Waals surface area contributed by atoms with E-state index in [1.165, 1.54) is 0 Å². The summed E-state index contributed by atoms with van der Waals surface area (Å²) in [5, 5.41) is 6.96. The molecular formula is C17H16N6O2. The van der Waals surface area contributed by atoms with Gasteiger partial charge in [-0.3, -0.25) is 9.36 Å². The van der Waals surface area contributed by atoms with Crippen LogP contribution in [-0.2, 0) is 0 Å². The zero-order valence-electron chi connectivity index (χ0n) is 13.4. The van der Waals surface area contributed by atoms with Gasteiger partial charge in [-0.15, -0.1) is 0 Å². The lowest BCUT2D eigenvalue weighted by atomic mass is 10.2. The molecule has 2 aliphatic carbocycles. The second-order valence-electron chi connectivity index (χ2n) is 6.55. The molecule has 3 aromatic heterocycles. The molecule has 0 spiro atoms. The Morgan fingerprint density at radius 1 is 1.24 bits per heavy atom. The topological polar surface area (TPSA) is 98.7 Å². The van der Waals surface area contributed by atoms with Gasteiger partial charge in [-0.1, -0.05) is 5.16 Å². The van der Waals surface area contributed by atoms with Crippen molar-refractivity contribution in [2.45, 2.75) is 37.6 Å². The number of carbonyl (C=O) groups is 1. The average Bonchev–Trinajstić information content (AvgIpc) is 3.55. The third-order valence-corrected chi connectivity index (χ3v) is 4.37. The molecular weight excluding hydrogens is 320 g/mol. The Bertz CT molecular complexity index is 938. The van der Waals surface area contributed by atoms with E-state index < -0.39 is 0 Å². The summed E-state index contributed by atoms with van der Waals surface area (Å²) in [7, 11) is 0. The highest BCUT2D eigenvalue weighted by Crippen LogP contribution is 2.38. The van der Waals surface area contributed by atoms with Gasteiger partial charge < -0.3 is 9.84 Å². The monoisotopic (exact) mass is 336 g/mol. The largest absolute Gasteiger partial charge is 0.348 e. The summed E-state index contributed by atoms with van der Waals surface area (Å²) in [6.07, 6.45) is 9.27. The molecule has 2 aliphatic rings. The molecule has 0 aliphatic heterocycles. The Morgan fingerprint density at radius 2 is 2.12 bits per heavy atom. The Morgan fingerprint density at radius 3 is 2.92 bits per heavy atom. The Labute approximate surface area is 143 Å². The maximum absolute atomic E-state index is 12.1. The van der Waals surface area contributed by atoms with E-state index in [2.05, 4.69) is 25.4 Å². The molecule has 0 aromatic carbocycles. The number of hydrogen-bond acceptors (Lipinski definition) is 6. The summed E-state index contributed by atoms with van der Waals surface area (Å²) in [5.41, 5.74) is 1.18. The van der Waals surface area contributed by atoms with Crippen molar-refractivity contribution in [3.8, 4) is 17.3 Å². The van der Waals surface area contributed by atoms with E-state index >= 15 is 0 Å². The van der Waals surface area contributed by atoms with Crippen LogP contribution in [0.15, 0.2) is 35.4 Å². The van der Waals surface area contributed by atoms with Crippen molar-refractivity contribution >= 4 is 5.91 Å². The normalized spacial score (nSPS) is 16.8. The number of nitrogens with zero attached hydrogens (tertiary/aromatic N) is 5. The van der Waals surface area contributed by atoms with Gasteiger partial charge in [0.15, 0.2) is 5.82 Å². The number of pyridine rings is 1. The summed E-state index contributed by atoms with van der Waals surface area (Å²) < 4.78 is 7.07. The van der Waals surface area contributed by atoms with Gasteiger partial charge in [0.1, 0.15) is 17.8 Å². The van der Waals surface area contributed by atoms with Crippen molar-refractivity contribution in [1.29, 1.82) is 0 Å². The summed E-state index contributed by atoms with van der Waals surface area (Å²) in [5.74, 6) is 2.19. The first-order valence-electron chi connectivity index (χ1n) is 8.41. The van der Waals surface area contributed by atoms with Crippen LogP contribution in [0, 0.1) is 0 Å². The van der Waals surface area contributed by atoms with Crippen molar-refractivity contribution in [1.82, 2.24) is 30.0 Å². The molecule has 3 aromatic rings. The van der Waals surface area contributed by atoms with Crippen LogP contribution in [0.4, 0.5) is 0 Å². The van der Waals surface area contributed by atoms with Crippen LogP contribution in [-0.4, -0.2) is 36.6 Å². The predicted octanol–water partition coefficient (Wildman–Crippen LogP) is 2.09. The highest BCUT2D eigenvalue weighted by Gasteiger charge is 2.29. The number of rotatable bonds is 5. The molecule has 0 unspecified atom stereocenters. The lowest BCUT2D eigenvalue weighted by molar-refractivity contribution is 0.0946. The van der Waals surface area contributed by atoms with Gasteiger partial charge in [0, 0.05) is 29.9 Å². The molecule has 2 fully saturated rings. The van der Waals surface area contributed by atoms with Gasteiger partial charge in [-0.2, -0.15) is 4.98 Å². The first kappa shape index (κ1) is 14.3. The van der Waals surface area contributed by atoms with Crippen LogP contribution in [0.1, 0.15) is 47.9 Å². The van der Waals surface area contributed by atoms with E-state index in [0.29, 0.717) is 29.4 Å². The predicted molar refractivity (Wildman–Crippen MR) is 87.1 cm³/mol. The molecule has 0 radical (unpaired) electrons. The molecule has 126 valence electrons. The zero-order chi connectivity index (χ0) is 16.8. The second kappa shape index (κ2) is 5.51. The Balaban J connectivity index is 1.40. The van der Waals surface area contributed by atoms with Gasteiger partial charge in [-0.05, 0) is 37.8 Å². The third-order valence-electron chi connectivity index (χ3n) is 4.37. The SMILES string of the molecule is O=C(NC1CC1)c1cn(-c2cc(-c3nc(C4CC4)no3)ccn2)cn1. The van der Waals surface area contributed by atoms with Crippen LogP contribution in [0.3, 0.4) is 0 Å². The molecule has 1 amide bonds. The molecule has 8 heteroatoms. The number of carbonyl (C=O) groups excluding carboxylic acids is 1. The summed E-state index contributed by atoms with van der Waals surface area (Å²) in [6.45, 7) is 0. The molecule has 0 saturated heterocycles. The van der Waals surface area contributed by atoms with E-state index in [0.717, 1.165) is 37.1 Å². The van der Waals surface area contributed by atoms with Crippen molar-refractivity contribution in [3.63, 3.8) is 0 Å². The first-order chi connectivity index (χ1) is 12.3. The highest BCUT2D eigenvalue weighted by molar-refractivity contribution is 5.92. The minimum Gasteiger partial charge on any atom is -0.348 e. The van der Waals surface area contributed by atoms with Crippen molar-refractivity contribution in [3.05, 3.63) is 42.4 Å². The number of nitrogens with one attached hydrogen (secondary N) is 1. The number of imidazole rings is 1.